The number of hydrogen-bond acceptors (Lipinski definition) is 2. The van der Waals surface area contributed by atoms with E-state index in [4.69, 9.17) is 0 Å². The third-order valence-electron chi connectivity index (χ3n) is 1.97. The average molecular weight is 191 g/mol. The van der Waals surface area contributed by atoms with Crippen molar-refractivity contribution >= 4 is 17.4 Å². The minimum absolute atomic E-state index is 0.476. The molecule has 1 rings (SSSR count). The predicted molar refractivity (Wildman–Crippen MR) is 55.1 cm³/mol. The molecule has 0 atom stereocenters. The molecule has 0 aliphatic heterocycles. The Kier molecular flexibility index (Phi) is 3.40. The number of anilines is 1. The van der Waals surface area contributed by atoms with Crippen molar-refractivity contribution in [3.63, 3.8) is 0 Å². The fourth-order valence-electron chi connectivity index (χ4n) is 1.16. The second kappa shape index (κ2) is 4.56. The molecule has 0 spiro atoms. The van der Waals surface area contributed by atoms with Crippen molar-refractivity contribution in [3.05, 3.63) is 29.8 Å². The summed E-state index contributed by atoms with van der Waals surface area (Å²) in [6.07, 6.45) is 0.828. The maximum absolute atomic E-state index is 11.1. The molecule has 1 aromatic rings. The van der Waals surface area contributed by atoms with Crippen LogP contribution in [0.3, 0.4) is 0 Å². The smallest absolute Gasteiger partial charge is 0.291 e. The lowest BCUT2D eigenvalue weighted by molar-refractivity contribution is -0.133. The summed E-state index contributed by atoms with van der Waals surface area (Å²) in [7, 11) is 0. The van der Waals surface area contributed by atoms with E-state index >= 15 is 0 Å². The second-order valence-corrected chi connectivity index (χ2v) is 3.02. The lowest BCUT2D eigenvalue weighted by Gasteiger charge is -2.07. The zero-order valence-corrected chi connectivity index (χ0v) is 8.33. The van der Waals surface area contributed by atoms with Gasteiger partial charge in [0.15, 0.2) is 0 Å². The van der Waals surface area contributed by atoms with Crippen LogP contribution in [0.1, 0.15) is 19.4 Å². The summed E-state index contributed by atoms with van der Waals surface area (Å²) in [5, 5.41) is 2.57. The Morgan fingerprint density at radius 3 is 2.50 bits per heavy atom. The summed E-state index contributed by atoms with van der Waals surface area (Å²) in [4.78, 5) is 21.9. The van der Waals surface area contributed by atoms with Gasteiger partial charge in [-0.05, 0) is 18.1 Å². The Balaban J connectivity index is 2.85. The molecular weight excluding hydrogens is 178 g/mol. The molecule has 0 bridgehead atoms. The first-order valence-electron chi connectivity index (χ1n) is 4.55. The Morgan fingerprint density at radius 1 is 1.29 bits per heavy atom. The van der Waals surface area contributed by atoms with Gasteiger partial charge < -0.3 is 5.32 Å². The largest absolute Gasteiger partial charge is 0.319 e. The van der Waals surface area contributed by atoms with E-state index in [0.717, 1.165) is 17.7 Å². The minimum Gasteiger partial charge on any atom is -0.319 e. The van der Waals surface area contributed by atoms with Gasteiger partial charge in [-0.25, -0.2) is 0 Å². The van der Waals surface area contributed by atoms with E-state index in [1.807, 2.05) is 25.1 Å². The van der Waals surface area contributed by atoms with Crippen molar-refractivity contribution < 1.29 is 9.59 Å². The number of Topliss-reactive ketones (excluding diaryl/α,β-unsaturated/α-hetero) is 1. The zero-order chi connectivity index (χ0) is 10.6. The first-order chi connectivity index (χ1) is 6.65. The number of aryl methyl sites for hydroxylation is 1. The molecule has 1 aromatic carbocycles. The molecule has 1 amide bonds. The van der Waals surface area contributed by atoms with E-state index in [1.165, 1.54) is 6.92 Å². The van der Waals surface area contributed by atoms with Crippen molar-refractivity contribution in [2.75, 3.05) is 5.32 Å². The molecule has 0 saturated heterocycles. The van der Waals surface area contributed by atoms with Crippen molar-refractivity contribution in [1.29, 1.82) is 0 Å². The van der Waals surface area contributed by atoms with Gasteiger partial charge in [0, 0.05) is 12.6 Å². The Morgan fingerprint density at radius 2 is 1.93 bits per heavy atom. The lowest BCUT2D eigenvalue weighted by atomic mass is 10.1. The number of ketones is 1. The molecule has 3 nitrogen and oxygen atoms in total. The van der Waals surface area contributed by atoms with Gasteiger partial charge in [0.25, 0.3) is 5.91 Å². The van der Waals surface area contributed by atoms with E-state index in [-0.39, 0.29) is 0 Å². The number of benzene rings is 1. The molecule has 0 unspecified atom stereocenters. The summed E-state index contributed by atoms with van der Waals surface area (Å²) in [6.45, 7) is 3.25. The van der Waals surface area contributed by atoms with Crippen LogP contribution in [0.15, 0.2) is 24.3 Å². The van der Waals surface area contributed by atoms with Gasteiger partial charge in [0.2, 0.25) is 5.78 Å². The molecule has 0 heterocycles. The van der Waals surface area contributed by atoms with Crippen molar-refractivity contribution in [3.8, 4) is 0 Å². The van der Waals surface area contributed by atoms with Crippen LogP contribution in [-0.4, -0.2) is 11.7 Å². The van der Waals surface area contributed by atoms with Crippen LogP contribution in [0.2, 0.25) is 0 Å². The molecule has 74 valence electrons. The summed E-state index contributed by atoms with van der Waals surface area (Å²) in [5.41, 5.74) is 1.75. The molecule has 0 aliphatic rings. The second-order valence-electron chi connectivity index (χ2n) is 3.02. The molecule has 0 aliphatic carbocycles. The number of carbonyl (C=O) groups is 2. The molecule has 0 fully saturated rings. The minimum atomic E-state index is -0.564. The highest BCUT2D eigenvalue weighted by Gasteiger charge is 2.08. The molecule has 0 radical (unpaired) electrons. The zero-order valence-electron chi connectivity index (χ0n) is 8.33. The number of amides is 1. The molecule has 3 heteroatoms. The topological polar surface area (TPSA) is 46.2 Å². The Labute approximate surface area is 83.1 Å². The predicted octanol–water partition coefficient (Wildman–Crippen LogP) is 1.78. The van der Waals surface area contributed by atoms with E-state index in [2.05, 4.69) is 5.32 Å². The fourth-order valence-corrected chi connectivity index (χ4v) is 1.16. The highest BCUT2D eigenvalue weighted by atomic mass is 16.2. The van der Waals surface area contributed by atoms with Crippen LogP contribution < -0.4 is 5.32 Å². The van der Waals surface area contributed by atoms with Crippen LogP contribution in [0.4, 0.5) is 5.69 Å². The van der Waals surface area contributed by atoms with Gasteiger partial charge in [0.1, 0.15) is 0 Å². The first-order valence-corrected chi connectivity index (χ1v) is 4.55. The summed E-state index contributed by atoms with van der Waals surface area (Å²) in [6, 6.07) is 7.45. The van der Waals surface area contributed by atoms with Gasteiger partial charge in [-0.15, -0.1) is 0 Å². The van der Waals surface area contributed by atoms with Gasteiger partial charge >= 0.3 is 0 Å². The number of para-hydroxylation sites is 1. The van der Waals surface area contributed by atoms with E-state index in [0.29, 0.717) is 0 Å². The molecule has 14 heavy (non-hydrogen) atoms. The lowest BCUT2D eigenvalue weighted by Crippen LogP contribution is -2.20. The van der Waals surface area contributed by atoms with Gasteiger partial charge in [0.05, 0.1) is 0 Å². The van der Waals surface area contributed by atoms with Crippen LogP contribution in [0.5, 0.6) is 0 Å². The van der Waals surface area contributed by atoms with Crippen molar-refractivity contribution in [2.45, 2.75) is 20.3 Å². The molecule has 0 saturated carbocycles. The van der Waals surface area contributed by atoms with Gasteiger partial charge in [-0.3, -0.25) is 9.59 Å². The number of hydrogen-bond donors (Lipinski definition) is 1. The number of rotatable bonds is 3. The summed E-state index contributed by atoms with van der Waals surface area (Å²) >= 11 is 0. The highest BCUT2D eigenvalue weighted by Crippen LogP contribution is 2.14. The van der Waals surface area contributed by atoms with Crippen LogP contribution in [0, 0.1) is 0 Å². The first kappa shape index (κ1) is 10.4. The van der Waals surface area contributed by atoms with Crippen LogP contribution in [-0.2, 0) is 16.0 Å². The maximum atomic E-state index is 11.1. The Hall–Kier alpha value is -1.64. The highest BCUT2D eigenvalue weighted by molar-refractivity contribution is 6.39. The monoisotopic (exact) mass is 191 g/mol. The third kappa shape index (κ3) is 2.42. The average Bonchev–Trinajstić information content (AvgIpc) is 2.18. The van der Waals surface area contributed by atoms with Crippen molar-refractivity contribution in [2.24, 2.45) is 0 Å². The molecule has 0 aromatic heterocycles. The maximum Gasteiger partial charge on any atom is 0.291 e. The SMILES string of the molecule is CCc1ccccc1NC(=O)C(C)=O. The number of carbonyl (C=O) groups excluding carboxylic acids is 2. The van der Waals surface area contributed by atoms with E-state index in [1.54, 1.807) is 6.07 Å². The van der Waals surface area contributed by atoms with Crippen molar-refractivity contribution in [1.82, 2.24) is 0 Å². The van der Waals surface area contributed by atoms with E-state index in [9.17, 15) is 9.59 Å². The quantitative estimate of drug-likeness (QED) is 0.740. The summed E-state index contributed by atoms with van der Waals surface area (Å²) in [5.74, 6) is -1.04. The van der Waals surface area contributed by atoms with Crippen LogP contribution >= 0.6 is 0 Å². The van der Waals surface area contributed by atoms with Gasteiger partial charge in [-0.2, -0.15) is 0 Å². The van der Waals surface area contributed by atoms with Gasteiger partial charge in [-0.1, -0.05) is 25.1 Å². The fraction of sp³-hybridized carbons (Fsp3) is 0.273. The van der Waals surface area contributed by atoms with Crippen LogP contribution in [0.25, 0.3) is 0 Å². The Bertz CT molecular complexity index is 358. The third-order valence-corrected chi connectivity index (χ3v) is 1.97. The molecule has 1 N–H and O–H groups in total. The normalized spacial score (nSPS) is 9.57. The molecular formula is C11H13NO2. The summed E-state index contributed by atoms with van der Waals surface area (Å²) < 4.78 is 0. The van der Waals surface area contributed by atoms with E-state index < -0.39 is 11.7 Å². The number of nitrogens with one attached hydrogen (secondary N) is 1. The standard InChI is InChI=1S/C11H13NO2/c1-3-9-6-4-5-7-10(9)12-11(14)8(2)13/h4-7H,3H2,1-2H3,(H,12,14).